The normalized spacial score (nSPS) is 20.6. The Morgan fingerprint density at radius 1 is 1.07 bits per heavy atom. The minimum Gasteiger partial charge on any atom is -0.661 e. The summed E-state index contributed by atoms with van der Waals surface area (Å²) in [5.74, 6) is 0. The maximum absolute atomic E-state index is 4.26. The molecule has 0 N–H and O–H groups in total. The Morgan fingerprint density at radius 2 is 1.53 bits per heavy atom. The van der Waals surface area contributed by atoms with Gasteiger partial charge in [-0.3, -0.25) is 0 Å². The van der Waals surface area contributed by atoms with Crippen molar-refractivity contribution in [3.63, 3.8) is 0 Å². The Balaban J connectivity index is -0.000000218. The Labute approximate surface area is 122 Å². The average molecular weight is 289 g/mol. The van der Waals surface area contributed by atoms with Crippen molar-refractivity contribution in [1.29, 1.82) is 0 Å². The summed E-state index contributed by atoms with van der Waals surface area (Å²) < 4.78 is 0. The molecule has 1 spiro atoms. The third-order valence-electron chi connectivity index (χ3n) is 2.52. The van der Waals surface area contributed by atoms with E-state index in [1.54, 1.807) is 0 Å². The molecule has 0 unspecified atom stereocenters. The zero-order chi connectivity index (χ0) is 10.3. The Bertz CT molecular complexity index is 125. The van der Waals surface area contributed by atoms with E-state index in [0.29, 0.717) is 5.41 Å². The molecule has 0 bridgehead atoms. The molecular formula is C12H28N2Y-2. The van der Waals surface area contributed by atoms with E-state index in [4.69, 9.17) is 0 Å². The minimum absolute atomic E-state index is 0. The molecule has 2 rings (SSSR count). The molecule has 0 atom stereocenters. The smallest absolute Gasteiger partial charge is 0.000248 e. The summed E-state index contributed by atoms with van der Waals surface area (Å²) in [4.78, 5) is 2.41. The van der Waals surface area contributed by atoms with Gasteiger partial charge in [0.2, 0.25) is 0 Å². The van der Waals surface area contributed by atoms with E-state index in [1.165, 1.54) is 19.5 Å². The number of nitrogens with zero attached hydrogens (tertiary/aromatic N) is 2. The summed E-state index contributed by atoms with van der Waals surface area (Å²) in [5.41, 5.74) is 0.648. The van der Waals surface area contributed by atoms with Gasteiger partial charge in [0.15, 0.2) is 0 Å². The van der Waals surface area contributed by atoms with Crippen LogP contribution in [0.5, 0.6) is 0 Å². The van der Waals surface area contributed by atoms with E-state index in [-0.39, 0.29) is 40.1 Å². The second-order valence-corrected chi connectivity index (χ2v) is 3.53. The minimum atomic E-state index is 0. The van der Waals surface area contributed by atoms with Crippen LogP contribution in [0.1, 0.15) is 34.1 Å². The van der Waals surface area contributed by atoms with Crippen molar-refractivity contribution in [2.24, 2.45) is 5.41 Å². The molecule has 0 aromatic heterocycles. The van der Waals surface area contributed by atoms with Crippen LogP contribution in [0.3, 0.4) is 0 Å². The fourth-order valence-electron chi connectivity index (χ4n) is 1.84. The molecule has 2 heterocycles. The molecule has 0 aromatic carbocycles. The van der Waals surface area contributed by atoms with Crippen molar-refractivity contribution in [1.82, 2.24) is 4.90 Å². The summed E-state index contributed by atoms with van der Waals surface area (Å²) >= 11 is 0. The number of hydrogen-bond acceptors (Lipinski definition) is 1. The van der Waals surface area contributed by atoms with Crippen LogP contribution in [0.2, 0.25) is 0 Å². The van der Waals surface area contributed by atoms with E-state index in [9.17, 15) is 0 Å². The fourth-order valence-corrected chi connectivity index (χ4v) is 1.84. The molecule has 0 amide bonds. The van der Waals surface area contributed by atoms with Crippen molar-refractivity contribution >= 4 is 0 Å². The molecule has 2 aliphatic heterocycles. The summed E-state index contributed by atoms with van der Waals surface area (Å²) in [7, 11) is 2.20. The van der Waals surface area contributed by atoms with Crippen LogP contribution in [-0.2, 0) is 32.7 Å². The summed E-state index contributed by atoms with van der Waals surface area (Å²) in [6.07, 6.45) is 1.38. The first-order valence-electron chi connectivity index (χ1n) is 5.63. The van der Waals surface area contributed by atoms with Gasteiger partial charge in [0.05, 0.1) is 0 Å². The Morgan fingerprint density at radius 3 is 1.67 bits per heavy atom. The standard InChI is InChI=1S/C7H13N2.2C2H6.CH3.Y/c1-9-3-2-7(6-9)4-8-5-7;2*1-2;;/h2-6H2,1H3;2*1-2H3;1H3;/q-1;;;-1;. The largest absolute Gasteiger partial charge is 0.661 e. The number of rotatable bonds is 0. The third-order valence-corrected chi connectivity index (χ3v) is 2.52. The van der Waals surface area contributed by atoms with Gasteiger partial charge >= 0.3 is 0 Å². The zero-order valence-electron chi connectivity index (χ0n) is 11.5. The van der Waals surface area contributed by atoms with Gasteiger partial charge in [-0.15, -0.1) is 13.1 Å². The van der Waals surface area contributed by atoms with Crippen LogP contribution in [0, 0.1) is 12.8 Å². The first kappa shape index (κ1) is 21.3. The molecule has 2 nitrogen and oxygen atoms in total. The summed E-state index contributed by atoms with van der Waals surface area (Å²) in [6.45, 7) is 12.8. The molecule has 0 saturated carbocycles. The van der Waals surface area contributed by atoms with Gasteiger partial charge in [-0.25, -0.2) is 0 Å². The van der Waals surface area contributed by atoms with Crippen LogP contribution in [0.15, 0.2) is 0 Å². The third kappa shape index (κ3) is 6.36. The molecule has 2 aliphatic rings. The molecule has 0 aromatic rings. The van der Waals surface area contributed by atoms with Crippen LogP contribution in [0.25, 0.3) is 5.32 Å². The monoisotopic (exact) mass is 289 g/mol. The fraction of sp³-hybridized carbons (Fsp3) is 0.917. The number of hydrogen-bond donors (Lipinski definition) is 0. The van der Waals surface area contributed by atoms with Crippen molar-refractivity contribution in [2.45, 2.75) is 34.1 Å². The molecule has 0 aliphatic carbocycles. The van der Waals surface area contributed by atoms with Crippen molar-refractivity contribution in [2.75, 3.05) is 33.2 Å². The summed E-state index contributed by atoms with van der Waals surface area (Å²) in [5, 5.41) is 4.26. The molecule has 3 heteroatoms. The van der Waals surface area contributed by atoms with E-state index >= 15 is 0 Å². The maximum Gasteiger partial charge on any atom is 0.000248 e. The molecule has 2 fully saturated rings. The number of likely N-dealkylation sites (tertiary alicyclic amines) is 1. The van der Waals surface area contributed by atoms with Gasteiger partial charge in [0.25, 0.3) is 0 Å². The van der Waals surface area contributed by atoms with Gasteiger partial charge < -0.3 is 17.6 Å². The Kier molecular flexibility index (Phi) is 16.4. The van der Waals surface area contributed by atoms with E-state index in [1.807, 2.05) is 27.7 Å². The predicted molar refractivity (Wildman–Crippen MR) is 66.8 cm³/mol. The van der Waals surface area contributed by atoms with Crippen molar-refractivity contribution in [3.8, 4) is 0 Å². The molecule has 15 heavy (non-hydrogen) atoms. The molecule has 2 saturated heterocycles. The molecule has 1 radical (unpaired) electrons. The van der Waals surface area contributed by atoms with Crippen LogP contribution in [0.4, 0.5) is 0 Å². The van der Waals surface area contributed by atoms with Crippen LogP contribution >= 0.6 is 0 Å². The second kappa shape index (κ2) is 11.5. The van der Waals surface area contributed by atoms with Gasteiger partial charge in [0.1, 0.15) is 0 Å². The van der Waals surface area contributed by atoms with Crippen LogP contribution < -0.4 is 0 Å². The van der Waals surface area contributed by atoms with Gasteiger partial charge in [0, 0.05) is 39.3 Å². The predicted octanol–water partition coefficient (Wildman–Crippen LogP) is 3.20. The van der Waals surface area contributed by atoms with Crippen molar-refractivity contribution in [3.05, 3.63) is 12.7 Å². The quantitative estimate of drug-likeness (QED) is 0.626. The second-order valence-electron chi connectivity index (χ2n) is 3.53. The topological polar surface area (TPSA) is 17.3 Å². The van der Waals surface area contributed by atoms with E-state index in [2.05, 4.69) is 17.3 Å². The van der Waals surface area contributed by atoms with Crippen LogP contribution in [-0.4, -0.2) is 38.1 Å². The zero-order valence-corrected chi connectivity index (χ0v) is 14.3. The summed E-state index contributed by atoms with van der Waals surface area (Å²) in [6, 6.07) is 0. The maximum atomic E-state index is 4.26. The first-order chi connectivity index (χ1) is 6.31. The van der Waals surface area contributed by atoms with Crippen molar-refractivity contribution < 1.29 is 32.7 Å². The SMILES string of the molecule is CC.CC.CN1CCC2(C[N-]C2)C1.[CH3-].[Y]. The van der Waals surface area contributed by atoms with E-state index < -0.39 is 0 Å². The van der Waals surface area contributed by atoms with E-state index in [0.717, 1.165) is 13.1 Å². The average Bonchev–Trinajstić information content (AvgIpc) is 2.54. The van der Waals surface area contributed by atoms with Gasteiger partial charge in [-0.2, -0.15) is 0 Å². The first-order valence-corrected chi connectivity index (χ1v) is 5.63. The van der Waals surface area contributed by atoms with Gasteiger partial charge in [-0.05, 0) is 20.0 Å². The Hall–Kier alpha value is 1.02. The molecular weight excluding hydrogens is 261 g/mol. The van der Waals surface area contributed by atoms with Gasteiger partial charge in [-0.1, -0.05) is 33.1 Å². The molecule has 91 valence electrons.